The highest BCUT2D eigenvalue weighted by molar-refractivity contribution is 8.04. The second-order valence-electron chi connectivity index (χ2n) is 8.79. The van der Waals surface area contributed by atoms with Gasteiger partial charge in [-0.05, 0) is 57.4 Å². The molecule has 0 radical (unpaired) electrons. The van der Waals surface area contributed by atoms with Gasteiger partial charge in [-0.3, -0.25) is 9.69 Å². The van der Waals surface area contributed by atoms with Gasteiger partial charge in [-0.1, -0.05) is 48.2 Å². The summed E-state index contributed by atoms with van der Waals surface area (Å²) in [5.41, 5.74) is 2.17. The van der Waals surface area contributed by atoms with Crippen LogP contribution in [0.15, 0.2) is 88.0 Å². The third kappa shape index (κ3) is 3.63. The van der Waals surface area contributed by atoms with Crippen molar-refractivity contribution in [2.75, 3.05) is 25.7 Å². The van der Waals surface area contributed by atoms with Crippen molar-refractivity contribution < 1.29 is 19.1 Å². The van der Waals surface area contributed by atoms with Crippen LogP contribution < -0.4 is 4.90 Å². The second-order valence-corrected chi connectivity index (χ2v) is 9.85. The summed E-state index contributed by atoms with van der Waals surface area (Å²) in [5, 5.41) is 2.03. The lowest BCUT2D eigenvalue weighted by Gasteiger charge is -2.45. The lowest BCUT2D eigenvalue weighted by Crippen LogP contribution is -2.58. The molecule has 0 unspecified atom stereocenters. The Labute approximate surface area is 216 Å². The minimum absolute atomic E-state index is 0.392. The standard InChI is InChI=1S/C28H31N3O4S/c1-7-30-19(2)18-36-28(30)23(20(3)24(32)34-5)31(22-16-12-9-13-17-22)25(27(28,4)26(33)35-6)29-21-14-10-8-11-15-21/h8-18H,7H2,1-6H3/b23-20+,29-25?/t27-,28-/m0/s1. The molecule has 8 heteroatoms. The first-order valence-corrected chi connectivity index (χ1v) is 12.7. The zero-order valence-corrected chi connectivity index (χ0v) is 22.3. The summed E-state index contributed by atoms with van der Waals surface area (Å²) in [4.78, 5) is 35.1. The molecular formula is C28H31N3O4S. The number of carbonyl (C=O) groups excluding carboxylic acids is 2. The molecule has 36 heavy (non-hydrogen) atoms. The van der Waals surface area contributed by atoms with Crippen molar-refractivity contribution in [1.29, 1.82) is 0 Å². The summed E-state index contributed by atoms with van der Waals surface area (Å²) in [6.45, 7) is 8.24. The van der Waals surface area contributed by atoms with Crippen LogP contribution >= 0.6 is 11.8 Å². The summed E-state index contributed by atoms with van der Waals surface area (Å²) < 4.78 is 10.7. The summed E-state index contributed by atoms with van der Waals surface area (Å²) in [6.07, 6.45) is 0. The Bertz CT molecular complexity index is 1260. The van der Waals surface area contributed by atoms with E-state index in [1.165, 1.54) is 26.0 Å². The smallest absolute Gasteiger partial charge is 0.335 e. The molecule has 2 atom stereocenters. The maximum absolute atomic E-state index is 13.9. The maximum atomic E-state index is 13.9. The highest BCUT2D eigenvalue weighted by Crippen LogP contribution is 2.63. The molecule has 0 amide bonds. The van der Waals surface area contributed by atoms with Gasteiger partial charge in [-0.15, -0.1) is 0 Å². The van der Waals surface area contributed by atoms with Crippen molar-refractivity contribution in [3.8, 4) is 0 Å². The Morgan fingerprint density at radius 3 is 2.17 bits per heavy atom. The molecule has 2 aromatic rings. The molecule has 2 aromatic carbocycles. The molecule has 2 aliphatic rings. The first kappa shape index (κ1) is 25.6. The van der Waals surface area contributed by atoms with E-state index in [1.54, 1.807) is 6.92 Å². The van der Waals surface area contributed by atoms with Crippen molar-refractivity contribution in [3.05, 3.63) is 83.0 Å². The van der Waals surface area contributed by atoms with Crippen LogP contribution in [0.5, 0.6) is 0 Å². The number of amidine groups is 1. The van der Waals surface area contributed by atoms with Gasteiger partial charge in [0, 0.05) is 17.9 Å². The number of esters is 2. The Hall–Kier alpha value is -3.52. The number of ether oxygens (including phenoxy) is 2. The van der Waals surface area contributed by atoms with Crippen LogP contribution in [-0.2, 0) is 19.1 Å². The number of benzene rings is 2. The Morgan fingerprint density at radius 2 is 1.61 bits per heavy atom. The number of carbonyl (C=O) groups is 2. The molecule has 0 aliphatic carbocycles. The van der Waals surface area contributed by atoms with Crippen LogP contribution in [0, 0.1) is 5.41 Å². The Balaban J connectivity index is 2.19. The van der Waals surface area contributed by atoms with Gasteiger partial charge in [0.25, 0.3) is 0 Å². The predicted octanol–water partition coefficient (Wildman–Crippen LogP) is 5.49. The summed E-state index contributed by atoms with van der Waals surface area (Å²) in [7, 11) is 2.75. The number of anilines is 1. The quantitative estimate of drug-likeness (QED) is 0.393. The van der Waals surface area contributed by atoms with Gasteiger partial charge in [0.2, 0.25) is 0 Å². The van der Waals surface area contributed by atoms with E-state index >= 15 is 0 Å². The van der Waals surface area contributed by atoms with Crippen molar-refractivity contribution in [3.63, 3.8) is 0 Å². The molecular weight excluding hydrogens is 474 g/mol. The highest BCUT2D eigenvalue weighted by Gasteiger charge is 2.72. The van der Waals surface area contributed by atoms with Crippen molar-refractivity contribution in [2.24, 2.45) is 10.4 Å². The Morgan fingerprint density at radius 1 is 1.00 bits per heavy atom. The number of thioether (sulfide) groups is 1. The minimum Gasteiger partial charge on any atom is -0.468 e. The fourth-order valence-corrected chi connectivity index (χ4v) is 6.81. The van der Waals surface area contributed by atoms with Crippen molar-refractivity contribution in [1.82, 2.24) is 4.90 Å². The van der Waals surface area contributed by atoms with Crippen LogP contribution in [0.4, 0.5) is 11.4 Å². The van der Waals surface area contributed by atoms with Gasteiger partial charge in [0.05, 0.1) is 31.2 Å². The van der Waals surface area contributed by atoms with Crippen LogP contribution in [0.1, 0.15) is 27.7 Å². The van der Waals surface area contributed by atoms with Gasteiger partial charge in [-0.2, -0.15) is 0 Å². The fourth-order valence-electron chi connectivity index (χ4n) is 5.18. The van der Waals surface area contributed by atoms with Crippen LogP contribution in [0.3, 0.4) is 0 Å². The molecule has 0 bridgehead atoms. The van der Waals surface area contributed by atoms with Crippen LogP contribution in [0.2, 0.25) is 0 Å². The summed E-state index contributed by atoms with van der Waals surface area (Å²) in [6, 6.07) is 19.1. The number of nitrogens with zero attached hydrogens (tertiary/aromatic N) is 3. The van der Waals surface area contributed by atoms with E-state index in [-0.39, 0.29) is 0 Å². The largest absolute Gasteiger partial charge is 0.468 e. The van der Waals surface area contributed by atoms with Gasteiger partial charge < -0.3 is 14.4 Å². The number of rotatable bonds is 5. The molecule has 4 rings (SSSR count). The third-order valence-corrected chi connectivity index (χ3v) is 8.47. The molecule has 1 fully saturated rings. The molecule has 0 N–H and O–H groups in total. The van der Waals surface area contributed by atoms with Crippen molar-refractivity contribution in [2.45, 2.75) is 32.6 Å². The number of likely N-dealkylation sites (N-methyl/N-ethyl adjacent to an activating group) is 1. The summed E-state index contributed by atoms with van der Waals surface area (Å²) in [5.74, 6) is -0.446. The van der Waals surface area contributed by atoms with Crippen molar-refractivity contribution >= 4 is 40.9 Å². The van der Waals surface area contributed by atoms with E-state index in [4.69, 9.17) is 14.5 Å². The number of para-hydroxylation sites is 2. The monoisotopic (exact) mass is 505 g/mol. The van der Waals surface area contributed by atoms with E-state index < -0.39 is 22.2 Å². The lowest BCUT2D eigenvalue weighted by atomic mass is 9.80. The van der Waals surface area contributed by atoms with Crippen LogP contribution in [0.25, 0.3) is 0 Å². The summed E-state index contributed by atoms with van der Waals surface area (Å²) >= 11 is 1.50. The second kappa shape index (κ2) is 9.85. The molecule has 1 spiro atoms. The molecule has 7 nitrogen and oxygen atoms in total. The van der Waals surface area contributed by atoms with Gasteiger partial charge in [0.1, 0.15) is 5.84 Å². The molecule has 0 saturated carbocycles. The molecule has 188 valence electrons. The van der Waals surface area contributed by atoms with E-state index in [9.17, 15) is 9.59 Å². The molecule has 0 aromatic heterocycles. The third-order valence-electron chi connectivity index (χ3n) is 6.85. The maximum Gasteiger partial charge on any atom is 0.335 e. The fraction of sp³-hybridized carbons (Fsp3) is 0.321. The SMILES string of the molecule is CCN1C(C)=CS[C@]12/C(=C(/C)C(=O)OC)N(c1ccccc1)C(=Nc1ccccc1)[C@@]2(C)C(=O)OC. The average molecular weight is 506 g/mol. The number of hydrogen-bond donors (Lipinski definition) is 0. The van der Waals surface area contributed by atoms with E-state index in [0.29, 0.717) is 29.3 Å². The van der Waals surface area contributed by atoms with E-state index in [1.807, 2.05) is 91.7 Å². The highest BCUT2D eigenvalue weighted by atomic mass is 32.2. The average Bonchev–Trinajstić information content (AvgIpc) is 3.36. The Kier molecular flexibility index (Phi) is 7.00. The first-order valence-electron chi connectivity index (χ1n) is 11.8. The topological polar surface area (TPSA) is 71.4 Å². The van der Waals surface area contributed by atoms with Gasteiger partial charge in [0.15, 0.2) is 10.3 Å². The molecule has 2 heterocycles. The van der Waals surface area contributed by atoms with E-state index in [2.05, 4.69) is 4.90 Å². The normalized spacial score (nSPS) is 25.8. The number of hydrogen-bond acceptors (Lipinski definition) is 7. The van der Waals surface area contributed by atoms with E-state index in [0.717, 1.165) is 11.4 Å². The molecule has 2 aliphatic heterocycles. The van der Waals surface area contributed by atoms with Gasteiger partial charge >= 0.3 is 11.9 Å². The van der Waals surface area contributed by atoms with Gasteiger partial charge in [-0.25, -0.2) is 9.79 Å². The number of allylic oxidation sites excluding steroid dienone is 1. The first-order chi connectivity index (χ1) is 17.3. The zero-order chi connectivity index (χ0) is 26.1. The predicted molar refractivity (Wildman–Crippen MR) is 144 cm³/mol. The van der Waals surface area contributed by atoms with Crippen LogP contribution in [-0.4, -0.2) is 48.3 Å². The number of aliphatic imine (C=N–C) groups is 1. The number of methoxy groups -OCH3 is 2. The zero-order valence-electron chi connectivity index (χ0n) is 21.4. The molecule has 1 saturated heterocycles. The lowest BCUT2D eigenvalue weighted by molar-refractivity contribution is -0.150. The minimum atomic E-state index is -1.30.